The van der Waals surface area contributed by atoms with Crippen molar-refractivity contribution in [2.45, 2.75) is 33.1 Å². The van der Waals surface area contributed by atoms with Crippen molar-refractivity contribution in [3.05, 3.63) is 64.7 Å². The molecular weight excluding hydrogens is 385 g/mol. The molecule has 0 fully saturated rings. The van der Waals surface area contributed by atoms with Gasteiger partial charge in [-0.05, 0) is 39.0 Å². The number of anilines is 1. The minimum Gasteiger partial charge on any atom is -0.361 e. The number of hydrogen-bond acceptors (Lipinski definition) is 4. The van der Waals surface area contributed by atoms with E-state index in [0.29, 0.717) is 28.5 Å². The van der Waals surface area contributed by atoms with Crippen LogP contribution in [0.25, 0.3) is 5.82 Å². The molecule has 4 rings (SSSR count). The number of nitrogens with zero attached hydrogens (tertiary/aromatic N) is 3. The van der Waals surface area contributed by atoms with E-state index in [9.17, 15) is 18.0 Å². The lowest BCUT2D eigenvalue weighted by molar-refractivity contribution is -0.144. The number of nitrogens with one attached hydrogen (secondary N) is 1. The maximum absolute atomic E-state index is 13.3. The summed E-state index contributed by atoms with van der Waals surface area (Å²) >= 11 is 0. The van der Waals surface area contributed by atoms with E-state index in [1.165, 1.54) is 6.07 Å². The average Bonchev–Trinajstić information content (AvgIpc) is 3.19. The third-order valence-corrected chi connectivity index (χ3v) is 4.98. The number of aromatic nitrogens is 2. The first kappa shape index (κ1) is 19.1. The maximum Gasteiger partial charge on any atom is 0.406 e. The summed E-state index contributed by atoms with van der Waals surface area (Å²) in [4.78, 5) is 13.7. The first-order chi connectivity index (χ1) is 13.7. The van der Waals surface area contributed by atoms with Crippen molar-refractivity contribution in [3.63, 3.8) is 0 Å². The number of alkyl halides is 3. The second kappa shape index (κ2) is 6.68. The summed E-state index contributed by atoms with van der Waals surface area (Å²) in [5.74, 6) is 0.491. The van der Waals surface area contributed by atoms with Crippen LogP contribution < -0.4 is 5.32 Å². The number of para-hydroxylation sites is 1. The Kier molecular flexibility index (Phi) is 4.40. The minimum atomic E-state index is -4.53. The zero-order chi connectivity index (χ0) is 20.9. The van der Waals surface area contributed by atoms with Crippen molar-refractivity contribution in [1.29, 1.82) is 0 Å². The van der Waals surface area contributed by atoms with Gasteiger partial charge in [-0.15, -0.1) is 0 Å². The molecule has 1 atom stereocenters. The van der Waals surface area contributed by atoms with Gasteiger partial charge in [-0.25, -0.2) is 0 Å². The standard InChI is InChI=1S/C20H19F3N4O2/c1-11-8-15(13(3)27(11)17-9-12(2)29-25-17)18-24-16-7-5-4-6-14(16)19(28)26(18)10-20(21,22)23/h4-9,18,24H,10H2,1-3H3/t18-/m0/s1. The van der Waals surface area contributed by atoms with E-state index in [1.54, 1.807) is 48.7 Å². The molecule has 0 saturated carbocycles. The molecule has 29 heavy (non-hydrogen) atoms. The van der Waals surface area contributed by atoms with Crippen LogP contribution >= 0.6 is 0 Å². The van der Waals surface area contributed by atoms with E-state index in [0.717, 1.165) is 10.6 Å². The second-order valence-electron chi connectivity index (χ2n) is 7.10. The van der Waals surface area contributed by atoms with Crippen LogP contribution in [0.5, 0.6) is 0 Å². The Bertz CT molecular complexity index is 1080. The lowest BCUT2D eigenvalue weighted by Gasteiger charge is -2.38. The third-order valence-electron chi connectivity index (χ3n) is 4.98. The summed E-state index contributed by atoms with van der Waals surface area (Å²) in [6, 6.07) is 10.1. The smallest absolute Gasteiger partial charge is 0.361 e. The molecule has 3 aromatic rings. The molecule has 1 aromatic carbocycles. The molecule has 0 unspecified atom stereocenters. The summed E-state index contributed by atoms with van der Waals surface area (Å²) in [6.07, 6.45) is -5.50. The number of carbonyl (C=O) groups is 1. The normalized spacial score (nSPS) is 16.7. The maximum atomic E-state index is 13.3. The van der Waals surface area contributed by atoms with Crippen LogP contribution in [-0.4, -0.2) is 33.3 Å². The lowest BCUT2D eigenvalue weighted by Crippen LogP contribution is -2.47. The summed E-state index contributed by atoms with van der Waals surface area (Å²) in [5, 5.41) is 7.10. The van der Waals surface area contributed by atoms with Gasteiger partial charge in [0.15, 0.2) is 5.82 Å². The van der Waals surface area contributed by atoms with Gasteiger partial charge in [-0.2, -0.15) is 13.2 Å². The Morgan fingerprint density at radius 3 is 2.55 bits per heavy atom. The van der Waals surface area contributed by atoms with Gasteiger partial charge in [0, 0.05) is 28.7 Å². The van der Waals surface area contributed by atoms with Crippen molar-refractivity contribution < 1.29 is 22.5 Å². The van der Waals surface area contributed by atoms with Gasteiger partial charge in [0.2, 0.25) is 0 Å². The first-order valence-corrected chi connectivity index (χ1v) is 9.01. The van der Waals surface area contributed by atoms with E-state index in [-0.39, 0.29) is 5.56 Å². The van der Waals surface area contributed by atoms with E-state index < -0.39 is 24.8 Å². The molecule has 0 saturated heterocycles. The van der Waals surface area contributed by atoms with Gasteiger partial charge >= 0.3 is 6.18 Å². The fourth-order valence-corrected chi connectivity index (χ4v) is 3.77. The van der Waals surface area contributed by atoms with Crippen LogP contribution in [0.3, 0.4) is 0 Å². The predicted molar refractivity (Wildman–Crippen MR) is 99.9 cm³/mol. The summed E-state index contributed by atoms with van der Waals surface area (Å²) < 4.78 is 46.8. The van der Waals surface area contributed by atoms with Crippen molar-refractivity contribution in [2.24, 2.45) is 0 Å². The number of hydrogen-bond donors (Lipinski definition) is 1. The van der Waals surface area contributed by atoms with Crippen LogP contribution in [0, 0.1) is 20.8 Å². The van der Waals surface area contributed by atoms with Crippen molar-refractivity contribution in [3.8, 4) is 5.82 Å². The molecule has 0 aliphatic carbocycles. The van der Waals surface area contributed by atoms with Gasteiger partial charge in [0.25, 0.3) is 5.91 Å². The molecular formula is C20H19F3N4O2. The third kappa shape index (κ3) is 3.37. The molecule has 0 radical (unpaired) electrons. The zero-order valence-corrected chi connectivity index (χ0v) is 16.0. The first-order valence-electron chi connectivity index (χ1n) is 9.01. The molecule has 152 valence electrons. The molecule has 0 bridgehead atoms. The van der Waals surface area contributed by atoms with Crippen LogP contribution in [0.15, 0.2) is 40.9 Å². The topological polar surface area (TPSA) is 63.3 Å². The summed E-state index contributed by atoms with van der Waals surface area (Å²) in [7, 11) is 0. The molecule has 2 aromatic heterocycles. The summed E-state index contributed by atoms with van der Waals surface area (Å²) in [6.45, 7) is 4.01. The van der Waals surface area contributed by atoms with Crippen molar-refractivity contribution in [2.75, 3.05) is 11.9 Å². The van der Waals surface area contributed by atoms with Crippen LogP contribution in [-0.2, 0) is 0 Å². The number of benzene rings is 1. The Hall–Kier alpha value is -3.23. The minimum absolute atomic E-state index is 0.217. The predicted octanol–water partition coefficient (Wildman–Crippen LogP) is 4.52. The van der Waals surface area contributed by atoms with E-state index in [2.05, 4.69) is 10.5 Å². The SMILES string of the molecule is Cc1cc(-n2c(C)cc([C@H]3Nc4ccccc4C(=O)N3CC(F)(F)F)c2C)no1. The van der Waals surface area contributed by atoms with Gasteiger partial charge < -0.3 is 14.7 Å². The number of aryl methyl sites for hydroxylation is 2. The zero-order valence-electron chi connectivity index (χ0n) is 16.0. The highest BCUT2D eigenvalue weighted by molar-refractivity contribution is 6.01. The van der Waals surface area contributed by atoms with Gasteiger partial charge in [0.05, 0.1) is 5.56 Å². The second-order valence-corrected chi connectivity index (χ2v) is 7.10. The van der Waals surface area contributed by atoms with Crippen LogP contribution in [0.1, 0.15) is 39.2 Å². The quantitative estimate of drug-likeness (QED) is 0.697. The molecule has 1 N–H and O–H groups in total. The van der Waals surface area contributed by atoms with Gasteiger partial charge in [-0.1, -0.05) is 17.3 Å². The fourth-order valence-electron chi connectivity index (χ4n) is 3.77. The van der Waals surface area contributed by atoms with Crippen molar-refractivity contribution in [1.82, 2.24) is 14.6 Å². The Morgan fingerprint density at radius 2 is 1.90 bits per heavy atom. The van der Waals surface area contributed by atoms with E-state index >= 15 is 0 Å². The Balaban J connectivity index is 1.83. The molecule has 0 spiro atoms. The number of halogens is 3. The average molecular weight is 404 g/mol. The monoisotopic (exact) mass is 404 g/mol. The Morgan fingerprint density at radius 1 is 1.17 bits per heavy atom. The highest BCUT2D eigenvalue weighted by Crippen LogP contribution is 2.37. The molecule has 1 aliphatic rings. The van der Waals surface area contributed by atoms with Gasteiger partial charge in [0.1, 0.15) is 18.5 Å². The number of fused-ring (bicyclic) bond motifs is 1. The number of rotatable bonds is 3. The lowest BCUT2D eigenvalue weighted by atomic mass is 10.0. The van der Waals surface area contributed by atoms with Crippen LogP contribution in [0.2, 0.25) is 0 Å². The highest BCUT2D eigenvalue weighted by Gasteiger charge is 2.41. The van der Waals surface area contributed by atoms with E-state index in [1.807, 2.05) is 6.92 Å². The Labute approximate surface area is 164 Å². The van der Waals surface area contributed by atoms with Crippen LogP contribution in [0.4, 0.5) is 18.9 Å². The number of carbonyl (C=O) groups excluding carboxylic acids is 1. The van der Waals surface area contributed by atoms with Gasteiger partial charge in [-0.3, -0.25) is 9.36 Å². The largest absolute Gasteiger partial charge is 0.406 e. The number of amides is 1. The fraction of sp³-hybridized carbons (Fsp3) is 0.300. The summed E-state index contributed by atoms with van der Waals surface area (Å²) in [5.41, 5.74) is 2.73. The molecule has 1 amide bonds. The molecule has 6 nitrogen and oxygen atoms in total. The molecule has 3 heterocycles. The molecule has 1 aliphatic heterocycles. The highest BCUT2D eigenvalue weighted by atomic mass is 19.4. The van der Waals surface area contributed by atoms with Crippen molar-refractivity contribution >= 4 is 11.6 Å². The van der Waals surface area contributed by atoms with E-state index in [4.69, 9.17) is 4.52 Å². The molecule has 9 heteroatoms.